The molecule has 0 aromatic rings. The van der Waals surface area contributed by atoms with Gasteiger partial charge in [0, 0.05) is 63.1 Å². The Kier molecular flexibility index (Phi) is 89.3. The first-order valence-electron chi connectivity index (χ1n) is 26.6. The highest BCUT2D eigenvalue weighted by atomic mass is 32.2. The van der Waals surface area contributed by atoms with Gasteiger partial charge in [0.25, 0.3) is 0 Å². The lowest BCUT2D eigenvalue weighted by Crippen LogP contribution is -2.22. The summed E-state index contributed by atoms with van der Waals surface area (Å²) in [5.41, 5.74) is -1.50. The van der Waals surface area contributed by atoms with Crippen LogP contribution in [0.5, 0.6) is 0 Å². The first-order valence-corrected chi connectivity index (χ1v) is 35.6. The molecule has 12 nitrogen and oxygen atoms in total. The molecule has 0 aromatic carbocycles. The molecule has 0 fully saturated rings. The molecule has 0 spiro atoms. The maximum Gasteiger partial charge on any atom is 0.123 e. The van der Waals surface area contributed by atoms with Crippen molar-refractivity contribution >= 4 is 106 Å². The molecule has 5 atom stereocenters. The molecule has 0 aliphatic heterocycles. The van der Waals surface area contributed by atoms with Gasteiger partial charge >= 0.3 is 0 Å². The molecule has 0 saturated heterocycles. The van der Waals surface area contributed by atoms with Crippen LogP contribution in [0.15, 0.2) is 0 Å². The van der Waals surface area contributed by atoms with Gasteiger partial charge in [-0.15, -0.1) is 23.5 Å². The highest BCUT2D eigenvalue weighted by Crippen LogP contribution is 2.27. The summed E-state index contributed by atoms with van der Waals surface area (Å²) in [4.78, 5) is 0. The van der Waals surface area contributed by atoms with Crippen molar-refractivity contribution in [2.45, 2.75) is 265 Å². The third-order valence-electron chi connectivity index (χ3n) is 6.66. The largest absolute Gasteiger partial charge is 0.396 e. The Hall–Kier alpha value is 2.67. The molecule has 468 valence electrons. The second-order valence-corrected chi connectivity index (χ2v) is 36.5. The summed E-state index contributed by atoms with van der Waals surface area (Å²) in [6.45, 7) is 50.4. The van der Waals surface area contributed by atoms with E-state index in [1.165, 1.54) is 23.5 Å². The van der Waals surface area contributed by atoms with E-state index in [2.05, 4.69) is 111 Å². The Morgan fingerprint density at radius 2 is 0.787 bits per heavy atom. The van der Waals surface area contributed by atoms with Gasteiger partial charge in [-0.25, -0.2) is 0 Å². The normalized spacial score (nSPS) is 13.2. The number of rotatable bonds is 30. The fourth-order valence-electron chi connectivity index (χ4n) is 3.76. The van der Waals surface area contributed by atoms with E-state index < -0.39 is 22.6 Å². The third-order valence-corrected chi connectivity index (χ3v) is 17.6. The van der Waals surface area contributed by atoms with Gasteiger partial charge in [0.05, 0.1) is 50.8 Å². The quantitative estimate of drug-likeness (QED) is 0.0236. The monoisotopic (exact) mass is 1250 g/mol. The molecule has 0 heterocycles. The van der Waals surface area contributed by atoms with Crippen molar-refractivity contribution in [2.75, 3.05) is 75.0 Å². The third kappa shape index (κ3) is 133. The van der Waals surface area contributed by atoms with Gasteiger partial charge in [0.15, 0.2) is 0 Å². The fraction of sp³-hybridized carbons (Fsp3) is 1.00. The second-order valence-electron chi connectivity index (χ2n) is 20.5. The van der Waals surface area contributed by atoms with Gasteiger partial charge in [-0.05, 0) is 83.5 Å². The van der Waals surface area contributed by atoms with Crippen molar-refractivity contribution in [3.63, 3.8) is 0 Å². The number of aliphatic hydroxyl groups excluding tert-OH is 11. The topological polar surface area (TPSA) is 243 Å². The fourth-order valence-corrected chi connectivity index (χ4v) is 11.2. The molecule has 0 rings (SSSR count). The molecular weight excluding hydrogens is 1130 g/mol. The molecule has 12 N–H and O–H groups in total. The summed E-state index contributed by atoms with van der Waals surface area (Å²) in [6.07, 6.45) is 0.714. The molecule has 0 aromatic heterocycles. The van der Waals surface area contributed by atoms with E-state index in [4.69, 9.17) is 56.2 Å². The summed E-state index contributed by atoms with van der Waals surface area (Å²) in [5, 5.41) is 109. The highest BCUT2D eigenvalue weighted by Gasteiger charge is 2.18. The van der Waals surface area contributed by atoms with Crippen LogP contribution in [0.1, 0.15) is 179 Å². The number of hydrogen-bond donors (Lipinski definition) is 12. The van der Waals surface area contributed by atoms with Crippen LogP contribution in [0.25, 0.3) is 0 Å². The number of hydrogen-bond acceptors (Lipinski definition) is 21. The van der Waals surface area contributed by atoms with Crippen LogP contribution >= 0.6 is 106 Å². The predicted molar refractivity (Wildman–Crippen MR) is 357 cm³/mol. The van der Waals surface area contributed by atoms with Crippen molar-refractivity contribution < 1.29 is 61.3 Å². The van der Waals surface area contributed by atoms with Crippen molar-refractivity contribution in [1.82, 2.24) is 0 Å². The van der Waals surface area contributed by atoms with Crippen LogP contribution in [0.4, 0.5) is 0 Å². The average Bonchev–Trinajstić information content (AvgIpc) is 3.26. The lowest BCUT2D eigenvalue weighted by molar-refractivity contribution is 0.107. The van der Waals surface area contributed by atoms with E-state index >= 15 is 0 Å². The number of aliphatic hydroxyl groups is 12. The summed E-state index contributed by atoms with van der Waals surface area (Å²) < 4.78 is 0.0359. The van der Waals surface area contributed by atoms with E-state index in [-0.39, 0.29) is 37.3 Å². The maximum absolute atomic E-state index is 9.25. The maximum atomic E-state index is 9.25. The van der Waals surface area contributed by atoms with Gasteiger partial charge < -0.3 is 61.3 Å². The van der Waals surface area contributed by atoms with Gasteiger partial charge in [-0.3, -0.25) is 0 Å². The van der Waals surface area contributed by atoms with Crippen molar-refractivity contribution in [1.29, 1.82) is 0 Å². The van der Waals surface area contributed by atoms with E-state index in [1.807, 2.05) is 67.2 Å². The summed E-state index contributed by atoms with van der Waals surface area (Å²) in [5.74, 6) is 4.28. The lowest BCUT2D eigenvalue weighted by atomic mass is 10.2. The Labute approximate surface area is 503 Å². The van der Waals surface area contributed by atoms with Crippen molar-refractivity contribution in [3.05, 3.63) is 0 Å². The Morgan fingerprint density at radius 3 is 0.987 bits per heavy atom. The molecule has 21 heteroatoms. The molecule has 0 amide bonds. The first-order chi connectivity index (χ1) is 34.2. The van der Waals surface area contributed by atoms with E-state index in [1.54, 1.807) is 70.6 Å². The molecule has 0 aliphatic carbocycles. The first kappa shape index (κ1) is 96.8. The Morgan fingerprint density at radius 1 is 0.387 bits per heavy atom. The minimum absolute atomic E-state index is 0.0359. The molecule has 75 heavy (non-hydrogen) atoms. The van der Waals surface area contributed by atoms with E-state index in [9.17, 15) is 5.11 Å². The van der Waals surface area contributed by atoms with Crippen LogP contribution in [-0.4, -0.2) is 222 Å². The van der Waals surface area contributed by atoms with Crippen LogP contribution in [-0.2, 0) is 0 Å². The van der Waals surface area contributed by atoms with E-state index in [0.29, 0.717) is 84.5 Å². The summed E-state index contributed by atoms with van der Waals surface area (Å²) >= 11 is 15.4. The zero-order chi connectivity index (χ0) is 61.3. The predicted octanol–water partition coefficient (Wildman–Crippen LogP) is 11.2. The van der Waals surface area contributed by atoms with Crippen LogP contribution in [0, 0.1) is 0 Å². The number of thioether (sulfide) groups is 9. The second kappa shape index (κ2) is 69.2. The van der Waals surface area contributed by atoms with E-state index in [0.717, 1.165) is 29.4 Å². The van der Waals surface area contributed by atoms with Gasteiger partial charge in [0.2, 0.25) is 0 Å². The van der Waals surface area contributed by atoms with Gasteiger partial charge in [-0.2, -0.15) is 82.3 Å². The zero-order valence-electron chi connectivity index (χ0n) is 52.0. The smallest absolute Gasteiger partial charge is 0.123 e. The molecular formula is C54H126O12S9. The van der Waals surface area contributed by atoms with Gasteiger partial charge in [-0.1, -0.05) is 132 Å². The zero-order valence-corrected chi connectivity index (χ0v) is 59.4. The summed E-state index contributed by atoms with van der Waals surface area (Å²) in [6, 6.07) is 0. The molecule has 0 aliphatic rings. The molecule has 0 radical (unpaired) electrons. The standard InChI is InChI=1S/2C7H16OS.2C6H14O2S.3C6H14OS.C5H12O2S.C5H12OS/c1-6(2)9-5-7(3,4)8;1-6(2)9-7(3,4)5-8;1-5(2)9-4-6(8)3-7;1-5(2)9-6(8)3-4-7;1-5(2)8-4-6(3)7;1-5(2)8-6(3)4-7;1-6(2)8-5-3-4-7;1-4(2)8-5(7)3-6;1-5(2)7-4-3-6/h2*6,8H,5H2,1-4H3;2*5-8H,3-4H2,1-2H3;2*5-7H,4H2,1-3H3;6-7H,3-5H2,1-2H3;4-7H,3H2,1-2H3;5-6H,3-4H2,1-2H3. The van der Waals surface area contributed by atoms with Gasteiger partial charge in [0.1, 0.15) is 10.9 Å². The van der Waals surface area contributed by atoms with Crippen molar-refractivity contribution in [3.8, 4) is 0 Å². The average molecular weight is 1260 g/mol. The lowest BCUT2D eigenvalue weighted by Gasteiger charge is -2.22. The van der Waals surface area contributed by atoms with Crippen molar-refractivity contribution in [2.24, 2.45) is 0 Å². The molecule has 0 bridgehead atoms. The summed E-state index contributed by atoms with van der Waals surface area (Å²) in [7, 11) is 0. The Balaban J connectivity index is -0.0000000934. The molecule has 5 unspecified atom stereocenters. The molecule has 0 saturated carbocycles. The minimum atomic E-state index is -0.602. The highest BCUT2D eigenvalue weighted by molar-refractivity contribution is 8.02. The van der Waals surface area contributed by atoms with Crippen LogP contribution in [0.3, 0.4) is 0 Å². The minimum Gasteiger partial charge on any atom is -0.396 e. The Bertz CT molecular complexity index is 992. The van der Waals surface area contributed by atoms with Crippen LogP contribution in [0.2, 0.25) is 0 Å². The SMILES string of the molecule is CC(C)SC(C)(C)CO.CC(C)SC(C)CO.CC(C)SC(O)CCO.CC(C)SC(O)CO.CC(C)SCC(C)(C)O.CC(C)SCC(O)CO.CC(C)SCCCO.CC(C)SCCO.CC(O)CSC(C)C. The van der Waals surface area contributed by atoms with Crippen LogP contribution < -0.4 is 0 Å².